The highest BCUT2D eigenvalue weighted by Gasteiger charge is 2.42. The van der Waals surface area contributed by atoms with E-state index in [-0.39, 0.29) is 5.41 Å². The molecule has 0 amide bonds. The van der Waals surface area contributed by atoms with Crippen LogP contribution in [0.4, 0.5) is 0 Å². The van der Waals surface area contributed by atoms with E-state index in [1.165, 1.54) is 24.0 Å². The Labute approximate surface area is 128 Å². The molecule has 0 radical (unpaired) electrons. The van der Waals surface area contributed by atoms with Crippen molar-refractivity contribution in [2.24, 2.45) is 5.73 Å². The first kappa shape index (κ1) is 13.7. The lowest BCUT2D eigenvalue weighted by Gasteiger charge is -2.15. The molecule has 0 atom stereocenters. The van der Waals surface area contributed by atoms with E-state index in [2.05, 4.69) is 40.2 Å². The van der Waals surface area contributed by atoms with Gasteiger partial charge in [-0.05, 0) is 52.0 Å². The molecule has 3 heteroatoms. The highest BCUT2D eigenvalue weighted by atomic mass is 79.9. The molecule has 0 spiro atoms. The zero-order chi connectivity index (χ0) is 14.0. The van der Waals surface area contributed by atoms with Crippen molar-refractivity contribution in [3.05, 3.63) is 64.1 Å². The molecule has 2 aromatic rings. The largest absolute Gasteiger partial charge is 0.488 e. The molecule has 2 N–H and O–H groups in total. The maximum Gasteiger partial charge on any atom is 0.134 e. The van der Waals surface area contributed by atoms with E-state index in [9.17, 15) is 0 Å². The van der Waals surface area contributed by atoms with E-state index in [1.807, 2.05) is 24.3 Å². The second kappa shape index (κ2) is 5.58. The van der Waals surface area contributed by atoms with E-state index in [0.717, 1.165) is 16.8 Å². The van der Waals surface area contributed by atoms with Gasteiger partial charge in [-0.2, -0.15) is 0 Å². The number of hydrogen-bond acceptors (Lipinski definition) is 2. The first-order chi connectivity index (χ1) is 9.73. The van der Waals surface area contributed by atoms with Gasteiger partial charge in [-0.25, -0.2) is 0 Å². The molecule has 1 aliphatic carbocycles. The highest BCUT2D eigenvalue weighted by Crippen LogP contribution is 2.48. The fourth-order valence-corrected chi connectivity index (χ4v) is 2.94. The Bertz CT molecular complexity index is 593. The number of nitrogens with two attached hydrogens (primary N) is 1. The molecule has 0 unspecified atom stereocenters. The second-order valence-corrected chi connectivity index (χ2v) is 6.26. The minimum atomic E-state index is 0.223. The maximum atomic E-state index is 5.88. The van der Waals surface area contributed by atoms with Crippen LogP contribution >= 0.6 is 15.9 Å². The molecule has 0 aliphatic heterocycles. The van der Waals surface area contributed by atoms with E-state index in [4.69, 9.17) is 10.5 Å². The Hall–Kier alpha value is -1.32. The standard InChI is InChI=1S/C17H18BrNO/c18-15-10-14(17(12-19)8-9-17)6-7-16(15)20-11-13-4-2-1-3-5-13/h1-7,10H,8-9,11-12,19H2. The van der Waals surface area contributed by atoms with Crippen molar-refractivity contribution in [2.45, 2.75) is 24.9 Å². The van der Waals surface area contributed by atoms with Crippen LogP contribution in [0.1, 0.15) is 24.0 Å². The van der Waals surface area contributed by atoms with Gasteiger partial charge in [-0.3, -0.25) is 0 Å². The van der Waals surface area contributed by atoms with Gasteiger partial charge < -0.3 is 10.5 Å². The average Bonchev–Trinajstić information content (AvgIpc) is 3.28. The molecule has 0 saturated heterocycles. The smallest absolute Gasteiger partial charge is 0.134 e. The molecular formula is C17H18BrNO. The third-order valence-electron chi connectivity index (χ3n) is 4.03. The van der Waals surface area contributed by atoms with Crippen molar-refractivity contribution >= 4 is 15.9 Å². The molecule has 1 fully saturated rings. The van der Waals surface area contributed by atoms with Gasteiger partial charge in [0.25, 0.3) is 0 Å². The minimum Gasteiger partial charge on any atom is -0.488 e. The fourth-order valence-electron chi connectivity index (χ4n) is 2.44. The summed E-state index contributed by atoms with van der Waals surface area (Å²) < 4.78 is 6.87. The lowest BCUT2D eigenvalue weighted by Crippen LogP contribution is -2.19. The molecule has 0 aromatic heterocycles. The average molecular weight is 332 g/mol. The molecule has 1 saturated carbocycles. The lowest BCUT2D eigenvalue weighted by molar-refractivity contribution is 0.304. The topological polar surface area (TPSA) is 35.2 Å². The molecule has 1 aliphatic rings. The van der Waals surface area contributed by atoms with Crippen LogP contribution in [0.25, 0.3) is 0 Å². The summed E-state index contributed by atoms with van der Waals surface area (Å²) in [7, 11) is 0. The molecule has 0 heterocycles. The van der Waals surface area contributed by atoms with Crippen molar-refractivity contribution in [1.29, 1.82) is 0 Å². The van der Waals surface area contributed by atoms with Crippen molar-refractivity contribution in [3.8, 4) is 5.75 Å². The summed E-state index contributed by atoms with van der Waals surface area (Å²) in [6.07, 6.45) is 2.39. The molecular weight excluding hydrogens is 314 g/mol. The van der Waals surface area contributed by atoms with Gasteiger partial charge in [0.05, 0.1) is 4.47 Å². The normalized spacial score (nSPS) is 15.9. The number of hydrogen-bond donors (Lipinski definition) is 1. The summed E-state index contributed by atoms with van der Waals surface area (Å²) in [5, 5.41) is 0. The van der Waals surface area contributed by atoms with Crippen LogP contribution in [0, 0.1) is 0 Å². The van der Waals surface area contributed by atoms with Crippen molar-refractivity contribution in [2.75, 3.05) is 6.54 Å². The van der Waals surface area contributed by atoms with Crippen molar-refractivity contribution in [3.63, 3.8) is 0 Å². The quantitative estimate of drug-likeness (QED) is 0.898. The zero-order valence-corrected chi connectivity index (χ0v) is 12.9. The fraction of sp³-hybridized carbons (Fsp3) is 0.294. The molecule has 0 bridgehead atoms. The Balaban J connectivity index is 1.72. The van der Waals surface area contributed by atoms with Gasteiger partial charge in [-0.1, -0.05) is 36.4 Å². The molecule has 2 aromatic carbocycles. The number of halogens is 1. The summed E-state index contributed by atoms with van der Waals surface area (Å²) in [6.45, 7) is 1.31. The summed E-state index contributed by atoms with van der Waals surface area (Å²) in [5.74, 6) is 0.880. The van der Waals surface area contributed by atoms with Crippen LogP contribution < -0.4 is 10.5 Å². The molecule has 3 rings (SSSR count). The van der Waals surface area contributed by atoms with Crippen LogP contribution in [0.5, 0.6) is 5.75 Å². The lowest BCUT2D eigenvalue weighted by atomic mass is 9.96. The van der Waals surface area contributed by atoms with Crippen LogP contribution in [0.15, 0.2) is 53.0 Å². The third-order valence-corrected chi connectivity index (χ3v) is 4.65. The van der Waals surface area contributed by atoms with Crippen LogP contribution in [-0.2, 0) is 12.0 Å². The monoisotopic (exact) mass is 331 g/mol. The summed E-state index contributed by atoms with van der Waals surface area (Å²) >= 11 is 3.60. The Morgan fingerprint density at radius 2 is 1.85 bits per heavy atom. The van der Waals surface area contributed by atoms with Crippen LogP contribution in [0.2, 0.25) is 0 Å². The Morgan fingerprint density at radius 1 is 1.10 bits per heavy atom. The van der Waals surface area contributed by atoms with Gasteiger partial charge in [0.15, 0.2) is 0 Å². The Morgan fingerprint density at radius 3 is 2.45 bits per heavy atom. The predicted octanol–water partition coefficient (Wildman–Crippen LogP) is 4.02. The number of rotatable bonds is 5. The Kier molecular flexibility index (Phi) is 3.81. The molecule has 2 nitrogen and oxygen atoms in total. The van der Waals surface area contributed by atoms with Crippen molar-refractivity contribution in [1.82, 2.24) is 0 Å². The number of ether oxygens (including phenoxy) is 1. The van der Waals surface area contributed by atoms with Gasteiger partial charge >= 0.3 is 0 Å². The first-order valence-electron chi connectivity index (χ1n) is 6.90. The third kappa shape index (κ3) is 2.74. The minimum absolute atomic E-state index is 0.223. The van der Waals surface area contributed by atoms with Gasteiger partial charge in [0.1, 0.15) is 12.4 Å². The summed E-state index contributed by atoms with van der Waals surface area (Å²) in [6, 6.07) is 16.5. The molecule has 20 heavy (non-hydrogen) atoms. The summed E-state index contributed by atoms with van der Waals surface area (Å²) in [4.78, 5) is 0. The van der Waals surface area contributed by atoms with Gasteiger partial charge in [-0.15, -0.1) is 0 Å². The van der Waals surface area contributed by atoms with E-state index < -0.39 is 0 Å². The van der Waals surface area contributed by atoms with Gasteiger partial charge in [0, 0.05) is 12.0 Å². The second-order valence-electron chi connectivity index (χ2n) is 5.40. The predicted molar refractivity (Wildman–Crippen MR) is 84.9 cm³/mol. The van der Waals surface area contributed by atoms with E-state index in [1.54, 1.807) is 0 Å². The molecule has 104 valence electrons. The van der Waals surface area contributed by atoms with Crippen molar-refractivity contribution < 1.29 is 4.74 Å². The van der Waals surface area contributed by atoms with E-state index in [0.29, 0.717) is 6.61 Å². The van der Waals surface area contributed by atoms with E-state index >= 15 is 0 Å². The summed E-state index contributed by atoms with van der Waals surface area (Å²) in [5.41, 5.74) is 8.59. The van der Waals surface area contributed by atoms with Crippen LogP contribution in [-0.4, -0.2) is 6.54 Å². The SMILES string of the molecule is NCC1(c2ccc(OCc3ccccc3)c(Br)c2)CC1. The number of benzene rings is 2. The van der Waals surface area contributed by atoms with Crippen LogP contribution in [0.3, 0.4) is 0 Å². The highest BCUT2D eigenvalue weighted by molar-refractivity contribution is 9.10. The first-order valence-corrected chi connectivity index (χ1v) is 7.70. The zero-order valence-electron chi connectivity index (χ0n) is 11.3. The maximum absolute atomic E-state index is 5.88. The van der Waals surface area contributed by atoms with Gasteiger partial charge in [0.2, 0.25) is 0 Å².